The number of carbonyl (C=O) groups excluding carboxylic acids is 1. The summed E-state index contributed by atoms with van der Waals surface area (Å²) in [6, 6.07) is 13.1. The van der Waals surface area contributed by atoms with Gasteiger partial charge in [0.25, 0.3) is 5.91 Å². The molecule has 0 N–H and O–H groups in total. The fourth-order valence-corrected chi connectivity index (χ4v) is 6.28. The quantitative estimate of drug-likeness (QED) is 0.614. The molecule has 2 heterocycles. The van der Waals surface area contributed by atoms with Crippen LogP contribution in [0, 0.1) is 13.8 Å². The summed E-state index contributed by atoms with van der Waals surface area (Å²) in [4.78, 5) is 20.5. The summed E-state index contributed by atoms with van der Waals surface area (Å²) in [5.41, 5.74) is 5.73. The molecule has 166 valence electrons. The largest absolute Gasteiger partial charge is 0.336 e. The summed E-state index contributed by atoms with van der Waals surface area (Å²) in [5, 5.41) is 0.892. The highest BCUT2D eigenvalue weighted by Gasteiger charge is 2.33. The molecule has 0 saturated carbocycles. The van der Waals surface area contributed by atoms with E-state index in [1.807, 2.05) is 44.2 Å². The highest BCUT2D eigenvalue weighted by molar-refractivity contribution is 7.89. The van der Waals surface area contributed by atoms with Crippen molar-refractivity contribution in [2.45, 2.75) is 38.0 Å². The summed E-state index contributed by atoms with van der Waals surface area (Å²) >= 11 is 0. The normalized spacial score (nSPS) is 17.0. The topological polar surface area (TPSA) is 70.6 Å². The van der Waals surface area contributed by atoms with Gasteiger partial charge in [0.2, 0.25) is 10.0 Å². The zero-order valence-corrected chi connectivity index (χ0v) is 19.3. The Morgan fingerprint density at radius 3 is 2.44 bits per heavy atom. The van der Waals surface area contributed by atoms with Gasteiger partial charge < -0.3 is 4.90 Å². The van der Waals surface area contributed by atoms with Crippen molar-refractivity contribution in [3.63, 3.8) is 0 Å². The zero-order chi connectivity index (χ0) is 22.5. The van der Waals surface area contributed by atoms with Gasteiger partial charge in [-0.2, -0.15) is 4.31 Å². The van der Waals surface area contributed by atoms with Gasteiger partial charge in [0, 0.05) is 37.3 Å². The number of carbonyl (C=O) groups is 1. The van der Waals surface area contributed by atoms with E-state index in [0.29, 0.717) is 31.1 Å². The number of nitrogens with zero attached hydrogens (tertiary/aromatic N) is 3. The molecule has 1 amide bonds. The number of rotatable bonds is 3. The smallest absolute Gasteiger partial charge is 0.254 e. The van der Waals surface area contributed by atoms with Crippen molar-refractivity contribution in [1.82, 2.24) is 14.2 Å². The van der Waals surface area contributed by atoms with E-state index in [-0.39, 0.29) is 5.91 Å². The minimum atomic E-state index is -3.57. The number of aromatic nitrogens is 1. The Hall–Kier alpha value is -2.77. The first kappa shape index (κ1) is 21.1. The number of pyridine rings is 1. The second-order valence-electron chi connectivity index (χ2n) is 8.73. The average Bonchev–Trinajstić information content (AvgIpc) is 3.27. The first-order valence-electron chi connectivity index (χ1n) is 11.1. The molecule has 5 rings (SSSR count). The van der Waals surface area contributed by atoms with Crippen LogP contribution in [-0.4, -0.2) is 54.7 Å². The predicted molar refractivity (Wildman–Crippen MR) is 124 cm³/mol. The van der Waals surface area contributed by atoms with Crippen LogP contribution < -0.4 is 0 Å². The molecule has 1 aliphatic carbocycles. The van der Waals surface area contributed by atoms with Crippen molar-refractivity contribution in [2.75, 3.05) is 26.2 Å². The summed E-state index contributed by atoms with van der Waals surface area (Å²) in [6.45, 7) is 5.25. The number of aryl methyl sites for hydroxylation is 3. The lowest BCUT2D eigenvalue weighted by atomic mass is 10.00. The monoisotopic (exact) mass is 449 g/mol. The van der Waals surface area contributed by atoms with Gasteiger partial charge in [-0.3, -0.25) is 9.78 Å². The molecule has 0 bridgehead atoms. The van der Waals surface area contributed by atoms with Gasteiger partial charge in [-0.1, -0.05) is 24.3 Å². The van der Waals surface area contributed by atoms with Crippen LogP contribution in [0.4, 0.5) is 0 Å². The molecule has 0 unspecified atom stereocenters. The van der Waals surface area contributed by atoms with Gasteiger partial charge in [0.1, 0.15) is 0 Å². The second kappa shape index (κ2) is 7.98. The molecule has 2 aliphatic rings. The van der Waals surface area contributed by atoms with Gasteiger partial charge in [-0.25, -0.2) is 8.42 Å². The van der Waals surface area contributed by atoms with E-state index >= 15 is 0 Å². The van der Waals surface area contributed by atoms with Gasteiger partial charge in [-0.05, 0) is 68.0 Å². The molecule has 0 spiro atoms. The van der Waals surface area contributed by atoms with E-state index in [1.165, 1.54) is 4.31 Å². The van der Waals surface area contributed by atoms with Crippen LogP contribution in [0.15, 0.2) is 47.4 Å². The van der Waals surface area contributed by atoms with Crippen LogP contribution in [0.3, 0.4) is 0 Å². The molecule has 0 radical (unpaired) electrons. The van der Waals surface area contributed by atoms with Crippen molar-refractivity contribution < 1.29 is 13.2 Å². The minimum absolute atomic E-state index is 0.00928. The average molecular weight is 450 g/mol. The number of amides is 1. The van der Waals surface area contributed by atoms with Gasteiger partial charge in [0.05, 0.1) is 16.0 Å². The Balaban J connectivity index is 1.40. The fourth-order valence-electron chi connectivity index (χ4n) is 4.77. The number of para-hydroxylation sites is 1. The van der Waals surface area contributed by atoms with Crippen LogP contribution in [0.2, 0.25) is 0 Å². The molecule has 32 heavy (non-hydrogen) atoms. The number of piperazine rings is 1. The molecular weight excluding hydrogens is 422 g/mol. The van der Waals surface area contributed by atoms with Crippen LogP contribution in [0.25, 0.3) is 10.9 Å². The molecule has 1 aliphatic heterocycles. The maximum absolute atomic E-state index is 13.6. The third kappa shape index (κ3) is 3.49. The number of hydrogen-bond donors (Lipinski definition) is 0. The molecular formula is C25H27N3O3S. The molecule has 2 aromatic carbocycles. The molecule has 1 aromatic heterocycles. The first-order valence-corrected chi connectivity index (χ1v) is 12.6. The summed E-state index contributed by atoms with van der Waals surface area (Å²) < 4.78 is 27.8. The van der Waals surface area contributed by atoms with Crippen molar-refractivity contribution in [3.05, 3.63) is 70.4 Å². The Bertz CT molecular complexity index is 1330. The number of fused-ring (bicyclic) bond motifs is 2. The van der Waals surface area contributed by atoms with Crippen molar-refractivity contribution in [3.8, 4) is 0 Å². The van der Waals surface area contributed by atoms with E-state index in [9.17, 15) is 13.2 Å². The molecule has 3 aromatic rings. The maximum atomic E-state index is 13.6. The van der Waals surface area contributed by atoms with Crippen molar-refractivity contribution in [1.29, 1.82) is 0 Å². The van der Waals surface area contributed by atoms with Crippen molar-refractivity contribution in [2.24, 2.45) is 0 Å². The molecule has 1 saturated heterocycles. The maximum Gasteiger partial charge on any atom is 0.254 e. The number of hydrogen-bond acceptors (Lipinski definition) is 4. The SMILES string of the molecule is Cc1ccc(S(=O)(=O)N2CCN(C(=O)c3c4c(nc5ccccc35)CCC4)CC2)cc1C. The lowest BCUT2D eigenvalue weighted by Gasteiger charge is -2.34. The van der Waals surface area contributed by atoms with E-state index in [1.54, 1.807) is 17.0 Å². The Kier molecular flexibility index (Phi) is 5.26. The summed E-state index contributed by atoms with van der Waals surface area (Å²) in [6.07, 6.45) is 2.79. The van der Waals surface area contributed by atoms with E-state index in [4.69, 9.17) is 4.98 Å². The second-order valence-corrected chi connectivity index (χ2v) is 10.7. The predicted octanol–water partition coefficient (Wildman–Crippen LogP) is 3.49. The first-order chi connectivity index (χ1) is 15.4. The summed E-state index contributed by atoms with van der Waals surface area (Å²) in [5.74, 6) is -0.00928. The molecule has 1 fully saturated rings. The summed E-state index contributed by atoms with van der Waals surface area (Å²) in [7, 11) is -3.57. The lowest BCUT2D eigenvalue weighted by Crippen LogP contribution is -2.50. The number of benzene rings is 2. The molecule has 6 nitrogen and oxygen atoms in total. The highest BCUT2D eigenvalue weighted by Crippen LogP contribution is 2.31. The van der Waals surface area contributed by atoms with Crippen LogP contribution >= 0.6 is 0 Å². The van der Waals surface area contributed by atoms with Gasteiger partial charge in [0.15, 0.2) is 0 Å². The molecule has 7 heteroatoms. The Morgan fingerprint density at radius 1 is 0.938 bits per heavy atom. The Morgan fingerprint density at radius 2 is 1.69 bits per heavy atom. The van der Waals surface area contributed by atoms with Crippen LogP contribution in [-0.2, 0) is 22.9 Å². The lowest BCUT2D eigenvalue weighted by molar-refractivity contribution is 0.0699. The van der Waals surface area contributed by atoms with E-state index in [0.717, 1.165) is 58.1 Å². The fraction of sp³-hybridized carbons (Fsp3) is 0.360. The van der Waals surface area contributed by atoms with Gasteiger partial charge in [-0.15, -0.1) is 0 Å². The minimum Gasteiger partial charge on any atom is -0.336 e. The van der Waals surface area contributed by atoms with E-state index in [2.05, 4.69) is 0 Å². The Labute approximate surface area is 188 Å². The van der Waals surface area contributed by atoms with Crippen molar-refractivity contribution >= 4 is 26.8 Å². The zero-order valence-electron chi connectivity index (χ0n) is 18.5. The van der Waals surface area contributed by atoms with Crippen LogP contribution in [0.1, 0.15) is 39.2 Å². The third-order valence-corrected chi connectivity index (χ3v) is 8.67. The van der Waals surface area contributed by atoms with Crippen LogP contribution in [0.5, 0.6) is 0 Å². The van der Waals surface area contributed by atoms with Gasteiger partial charge >= 0.3 is 0 Å². The van der Waals surface area contributed by atoms with E-state index < -0.39 is 10.0 Å². The molecule has 0 atom stereocenters. The standard InChI is InChI=1S/C25H27N3O3S/c1-17-10-11-19(16-18(17)2)32(30,31)28-14-12-27(13-15-28)25(29)24-20-6-3-4-8-22(20)26-23-9-5-7-21(23)24/h3-4,6,8,10-11,16H,5,7,9,12-15H2,1-2H3. The third-order valence-electron chi connectivity index (χ3n) is 6.78. The number of sulfonamides is 1. The highest BCUT2D eigenvalue weighted by atomic mass is 32.2.